The number of likely N-dealkylation sites (N-methyl/N-ethyl adjacent to an activating group) is 1. The van der Waals surface area contributed by atoms with Crippen LogP contribution in [0.5, 0.6) is 11.8 Å². The number of imide groups is 1. The number of halogens is 1. The number of carbonyl (C=O) groups is 4. The Morgan fingerprint density at radius 3 is 2.45 bits per heavy atom. The van der Waals surface area contributed by atoms with E-state index in [2.05, 4.69) is 44.2 Å². The van der Waals surface area contributed by atoms with Crippen molar-refractivity contribution >= 4 is 56.9 Å². The molecule has 1 saturated carbocycles. The maximum Gasteiger partial charge on any atom is 0.320 e. The topological polar surface area (TPSA) is 180 Å². The van der Waals surface area contributed by atoms with Gasteiger partial charge >= 0.3 is 12.0 Å². The van der Waals surface area contributed by atoms with Crippen LogP contribution >= 0.6 is 0 Å². The number of ether oxygens (including phenoxy) is 1. The molecule has 0 spiro atoms. The fourth-order valence-electron chi connectivity index (χ4n) is 10.4. The molecule has 2 unspecified atom stereocenters. The number of benzene rings is 3. The number of aromatic nitrogens is 3. The summed E-state index contributed by atoms with van der Waals surface area (Å²) in [6.45, 7) is 12.2. The van der Waals surface area contributed by atoms with E-state index in [4.69, 9.17) is 14.7 Å². The zero-order valence-electron chi connectivity index (χ0n) is 39.5. The number of amides is 5. The number of urea groups is 1. The number of rotatable bonds is 14. The molecule has 5 amide bonds. The Kier molecular flexibility index (Phi) is 12.7. The molecule has 2 atom stereocenters. The highest BCUT2D eigenvalue weighted by Gasteiger charge is 2.46. The number of nitrogens with zero attached hydrogens (tertiary/aromatic N) is 9. The normalized spacial score (nSPS) is 19.8. The zero-order valence-corrected chi connectivity index (χ0v) is 39.5. The van der Waals surface area contributed by atoms with Gasteiger partial charge in [-0.3, -0.25) is 29.6 Å². The summed E-state index contributed by atoms with van der Waals surface area (Å²) in [7, 11) is 1.91. The number of piperazine rings is 2. The molecule has 3 aromatic carbocycles. The average molecular weight is 942 g/mol. The molecule has 3 saturated heterocycles. The van der Waals surface area contributed by atoms with Crippen LogP contribution < -0.4 is 25.2 Å². The summed E-state index contributed by atoms with van der Waals surface area (Å²) in [4.78, 5) is 77.8. The molecule has 2 aromatic heterocycles. The Morgan fingerprint density at radius 1 is 0.971 bits per heavy atom. The SMILES string of the molecule is CCCN(CC(C)NC)c1nc(OCC2(CN3CCN(C(=O)N4CCN(c5ccc6c(c5)CN(C5CCC(=O)NC5=O)C6=O)CC4)CC3)CC2)nc2c(F)c(-c3cc(O)cc4ccccc34)ncc12. The number of nitrogens with one attached hydrogen (secondary N) is 2. The van der Waals surface area contributed by atoms with Gasteiger partial charge in [0, 0.05) is 119 Å². The molecule has 4 aliphatic heterocycles. The number of fused-ring (bicyclic) bond motifs is 3. The average Bonchev–Trinajstić information content (AvgIpc) is 4.05. The van der Waals surface area contributed by atoms with Crippen LogP contribution in [-0.4, -0.2) is 161 Å². The second-order valence-electron chi connectivity index (χ2n) is 19.4. The molecule has 17 nitrogen and oxygen atoms in total. The zero-order chi connectivity index (χ0) is 48.0. The number of piperidine rings is 1. The molecule has 10 rings (SSSR count). The fraction of sp³-hybridized carbons (Fsp3) is 0.471. The number of phenols is 1. The van der Waals surface area contributed by atoms with E-state index < -0.39 is 17.8 Å². The van der Waals surface area contributed by atoms with Crippen LogP contribution in [-0.2, 0) is 16.1 Å². The molecule has 5 aliphatic rings. The summed E-state index contributed by atoms with van der Waals surface area (Å²) < 4.78 is 23.5. The largest absolute Gasteiger partial charge is 0.508 e. The quantitative estimate of drug-likeness (QED) is 0.127. The van der Waals surface area contributed by atoms with Gasteiger partial charge in [0.15, 0.2) is 5.82 Å². The number of anilines is 2. The van der Waals surface area contributed by atoms with Crippen molar-refractivity contribution < 1.29 is 33.4 Å². The van der Waals surface area contributed by atoms with Gasteiger partial charge in [0.25, 0.3) is 5.91 Å². The predicted octanol–water partition coefficient (Wildman–Crippen LogP) is 4.99. The van der Waals surface area contributed by atoms with Crippen LogP contribution in [0.4, 0.5) is 20.7 Å². The molecular formula is C51H60FN11O6. The van der Waals surface area contributed by atoms with E-state index in [1.807, 2.05) is 59.3 Å². The summed E-state index contributed by atoms with van der Waals surface area (Å²) in [5.74, 6) is -0.951. The van der Waals surface area contributed by atoms with Gasteiger partial charge in [0.2, 0.25) is 11.8 Å². The maximum atomic E-state index is 17.0. The highest BCUT2D eigenvalue weighted by Crippen LogP contribution is 2.47. The monoisotopic (exact) mass is 941 g/mol. The van der Waals surface area contributed by atoms with Gasteiger partial charge in [-0.1, -0.05) is 31.2 Å². The minimum Gasteiger partial charge on any atom is -0.508 e. The molecule has 1 aliphatic carbocycles. The lowest BCUT2D eigenvalue weighted by Crippen LogP contribution is -2.57. The number of carbonyl (C=O) groups excluding carboxylic acids is 4. The third-order valence-electron chi connectivity index (χ3n) is 14.6. The van der Waals surface area contributed by atoms with Gasteiger partial charge in [-0.2, -0.15) is 9.97 Å². The van der Waals surface area contributed by atoms with Gasteiger partial charge in [0.05, 0.1) is 12.0 Å². The van der Waals surface area contributed by atoms with Crippen molar-refractivity contribution in [2.24, 2.45) is 5.41 Å². The van der Waals surface area contributed by atoms with Gasteiger partial charge in [0.1, 0.15) is 28.8 Å². The van der Waals surface area contributed by atoms with Gasteiger partial charge < -0.3 is 39.7 Å². The van der Waals surface area contributed by atoms with Crippen molar-refractivity contribution in [1.82, 2.24) is 45.2 Å². The van der Waals surface area contributed by atoms with E-state index in [1.165, 1.54) is 6.07 Å². The molecule has 5 aromatic rings. The Labute approximate surface area is 400 Å². The van der Waals surface area contributed by atoms with Crippen molar-refractivity contribution in [1.29, 1.82) is 0 Å². The van der Waals surface area contributed by atoms with E-state index in [1.54, 1.807) is 17.2 Å². The van der Waals surface area contributed by atoms with Crippen molar-refractivity contribution in [3.8, 4) is 23.0 Å². The lowest BCUT2D eigenvalue weighted by molar-refractivity contribution is -0.136. The Balaban J connectivity index is 0.767. The van der Waals surface area contributed by atoms with Crippen molar-refractivity contribution in [3.63, 3.8) is 0 Å². The van der Waals surface area contributed by atoms with Crippen LogP contribution in [0.15, 0.2) is 60.8 Å². The van der Waals surface area contributed by atoms with Crippen LogP contribution in [0, 0.1) is 11.2 Å². The minimum absolute atomic E-state index is 0.0167. The number of hydrogen-bond donors (Lipinski definition) is 3. The molecule has 362 valence electrons. The van der Waals surface area contributed by atoms with Crippen molar-refractivity contribution in [2.45, 2.75) is 64.6 Å². The standard InChI is InChI=1S/C51H60FN11O6/c1-4-15-62(28-32(2)53-3)46-40-27-54-44(39-26-36(64)25-33-7-5-6-8-37(33)39)43(52)45(40)56-49(57-46)69-31-51(13-14-51)30-58-16-18-60(19-17-58)50(68)61-22-20-59(21-23-61)35-9-10-38-34(24-35)29-63(48(38)67)41-11-12-42(65)55-47(41)66/h5-10,24-27,32,41,53,64H,4,11-23,28-31H2,1-3H3,(H,55,65,66). The Morgan fingerprint density at radius 2 is 1.72 bits per heavy atom. The van der Waals surface area contributed by atoms with Crippen LogP contribution in [0.3, 0.4) is 0 Å². The molecule has 4 fully saturated rings. The summed E-state index contributed by atoms with van der Waals surface area (Å²) in [5.41, 5.74) is 2.98. The first-order valence-electron chi connectivity index (χ1n) is 24.3. The first-order valence-corrected chi connectivity index (χ1v) is 24.3. The summed E-state index contributed by atoms with van der Waals surface area (Å²) in [6.07, 6.45) is 4.97. The lowest BCUT2D eigenvalue weighted by Gasteiger charge is -2.41. The maximum absolute atomic E-state index is 17.0. The van der Waals surface area contributed by atoms with Crippen LogP contribution in [0.2, 0.25) is 0 Å². The minimum atomic E-state index is -0.654. The van der Waals surface area contributed by atoms with E-state index in [9.17, 15) is 24.3 Å². The third-order valence-corrected chi connectivity index (χ3v) is 14.6. The summed E-state index contributed by atoms with van der Waals surface area (Å²) >= 11 is 0. The second-order valence-corrected chi connectivity index (χ2v) is 19.4. The fourth-order valence-corrected chi connectivity index (χ4v) is 10.4. The van der Waals surface area contributed by atoms with Crippen molar-refractivity contribution in [2.75, 3.05) is 95.4 Å². The van der Waals surface area contributed by atoms with E-state index in [0.717, 1.165) is 60.9 Å². The molecule has 0 bridgehead atoms. The summed E-state index contributed by atoms with van der Waals surface area (Å²) in [6, 6.07) is 16.1. The van der Waals surface area contributed by atoms with E-state index in [0.29, 0.717) is 94.3 Å². The molecule has 0 radical (unpaired) electrons. The molecule has 3 N–H and O–H groups in total. The van der Waals surface area contributed by atoms with Gasteiger partial charge in [-0.15, -0.1) is 0 Å². The van der Waals surface area contributed by atoms with E-state index >= 15 is 4.39 Å². The first kappa shape index (κ1) is 46.1. The number of pyridine rings is 1. The summed E-state index contributed by atoms with van der Waals surface area (Å²) in [5, 5.41) is 18.3. The second kappa shape index (κ2) is 19.0. The van der Waals surface area contributed by atoms with Gasteiger partial charge in [-0.25, -0.2) is 9.18 Å². The van der Waals surface area contributed by atoms with Crippen LogP contribution in [0.1, 0.15) is 61.9 Å². The molecular weight excluding hydrogens is 882 g/mol. The number of hydrogen-bond acceptors (Lipinski definition) is 13. The van der Waals surface area contributed by atoms with Crippen LogP contribution in [0.25, 0.3) is 32.9 Å². The molecule has 69 heavy (non-hydrogen) atoms. The Bertz CT molecular complexity index is 2810. The third kappa shape index (κ3) is 9.31. The molecule has 6 heterocycles. The number of phenolic OH excluding ortho intramolecular Hbond substituents is 1. The Hall–Kier alpha value is -6.66. The van der Waals surface area contributed by atoms with Gasteiger partial charge in [-0.05, 0) is 86.3 Å². The predicted molar refractivity (Wildman–Crippen MR) is 260 cm³/mol. The van der Waals surface area contributed by atoms with E-state index in [-0.39, 0.29) is 58.7 Å². The lowest BCUT2D eigenvalue weighted by atomic mass is 10.0. The number of aromatic hydroxyl groups is 1. The highest BCUT2D eigenvalue weighted by atomic mass is 19.1. The van der Waals surface area contributed by atoms with Crippen molar-refractivity contribution in [3.05, 3.63) is 77.7 Å². The highest BCUT2D eigenvalue weighted by molar-refractivity contribution is 6.05. The molecule has 18 heteroatoms. The smallest absolute Gasteiger partial charge is 0.320 e. The first-order chi connectivity index (χ1) is 33.4.